The van der Waals surface area contributed by atoms with E-state index in [4.69, 9.17) is 0 Å². The Labute approximate surface area is 137 Å². The molecule has 2 unspecified atom stereocenters. The number of rotatable bonds is 1. The van der Waals surface area contributed by atoms with E-state index in [-0.39, 0.29) is 11.9 Å². The average Bonchev–Trinajstić information content (AvgIpc) is 2.67. The highest BCUT2D eigenvalue weighted by molar-refractivity contribution is 5.96. The molecule has 2 atom stereocenters. The van der Waals surface area contributed by atoms with Gasteiger partial charge in [-0.25, -0.2) is 4.79 Å². The van der Waals surface area contributed by atoms with Crippen LogP contribution in [0.15, 0.2) is 18.2 Å². The number of carbonyl (C=O) groups excluding carboxylic acids is 2. The van der Waals surface area contributed by atoms with Crippen molar-refractivity contribution < 1.29 is 9.59 Å². The molecule has 2 N–H and O–H groups in total. The molecular formula is C18H25N3O2. The lowest BCUT2D eigenvalue weighted by molar-refractivity contribution is -0.116. The molecule has 1 fully saturated rings. The van der Waals surface area contributed by atoms with Gasteiger partial charge in [0.25, 0.3) is 0 Å². The maximum Gasteiger partial charge on any atom is 0.321 e. The van der Waals surface area contributed by atoms with Crippen molar-refractivity contribution in [1.82, 2.24) is 4.90 Å². The molecule has 2 aliphatic heterocycles. The first-order valence-corrected chi connectivity index (χ1v) is 8.50. The lowest BCUT2D eigenvalue weighted by atomic mass is 9.97. The van der Waals surface area contributed by atoms with Gasteiger partial charge in [-0.15, -0.1) is 0 Å². The molecule has 0 spiro atoms. The Bertz CT molecular complexity index is 614. The maximum atomic E-state index is 12.5. The zero-order valence-corrected chi connectivity index (χ0v) is 13.9. The molecule has 5 nitrogen and oxygen atoms in total. The van der Waals surface area contributed by atoms with Crippen molar-refractivity contribution in [2.45, 2.75) is 39.5 Å². The van der Waals surface area contributed by atoms with Crippen LogP contribution in [0.25, 0.3) is 0 Å². The molecule has 0 aromatic heterocycles. The Morgan fingerprint density at radius 3 is 2.91 bits per heavy atom. The summed E-state index contributed by atoms with van der Waals surface area (Å²) in [7, 11) is 0. The lowest BCUT2D eigenvalue weighted by Gasteiger charge is -2.24. The van der Waals surface area contributed by atoms with Gasteiger partial charge in [0, 0.05) is 30.9 Å². The standard InChI is InChI=1S/C18H25N3O2/c1-12-7-8-21(11-13(2)9-12)18(23)19-15-5-3-14-4-6-17(22)20-16(14)10-15/h3,5,10,12-13H,4,6-9,11H2,1-2H3,(H,19,23)(H,20,22). The molecule has 124 valence electrons. The summed E-state index contributed by atoms with van der Waals surface area (Å²) in [4.78, 5) is 25.9. The molecule has 1 aromatic carbocycles. The Morgan fingerprint density at radius 2 is 2.09 bits per heavy atom. The van der Waals surface area contributed by atoms with E-state index < -0.39 is 0 Å². The first-order chi connectivity index (χ1) is 11.0. The molecule has 0 radical (unpaired) electrons. The Balaban J connectivity index is 1.68. The van der Waals surface area contributed by atoms with Crippen molar-refractivity contribution in [2.75, 3.05) is 23.7 Å². The van der Waals surface area contributed by atoms with E-state index in [0.717, 1.165) is 42.9 Å². The van der Waals surface area contributed by atoms with Gasteiger partial charge in [0.1, 0.15) is 0 Å². The van der Waals surface area contributed by atoms with Gasteiger partial charge in [-0.2, -0.15) is 0 Å². The quantitative estimate of drug-likeness (QED) is 0.833. The van der Waals surface area contributed by atoms with Crippen LogP contribution in [0.4, 0.5) is 16.2 Å². The van der Waals surface area contributed by atoms with Gasteiger partial charge in [0.2, 0.25) is 5.91 Å². The molecule has 1 aromatic rings. The summed E-state index contributed by atoms with van der Waals surface area (Å²) in [5.41, 5.74) is 2.68. The van der Waals surface area contributed by atoms with Gasteiger partial charge in [0.15, 0.2) is 0 Å². The first kappa shape index (κ1) is 15.8. The predicted molar refractivity (Wildman–Crippen MR) is 91.5 cm³/mol. The largest absolute Gasteiger partial charge is 0.326 e. The maximum absolute atomic E-state index is 12.5. The summed E-state index contributed by atoms with van der Waals surface area (Å²) >= 11 is 0. The van der Waals surface area contributed by atoms with Crippen molar-refractivity contribution in [3.8, 4) is 0 Å². The SMILES string of the molecule is CC1CCN(C(=O)Nc2ccc3c(c2)NC(=O)CC3)CC(C)C1. The monoisotopic (exact) mass is 315 g/mol. The number of hydrogen-bond donors (Lipinski definition) is 2. The van der Waals surface area contributed by atoms with Crippen LogP contribution < -0.4 is 10.6 Å². The van der Waals surface area contributed by atoms with Crippen molar-refractivity contribution >= 4 is 23.3 Å². The van der Waals surface area contributed by atoms with Crippen LogP contribution in [0.5, 0.6) is 0 Å². The number of amides is 3. The summed E-state index contributed by atoms with van der Waals surface area (Å²) in [5.74, 6) is 1.24. The number of fused-ring (bicyclic) bond motifs is 1. The van der Waals surface area contributed by atoms with Gasteiger partial charge < -0.3 is 15.5 Å². The van der Waals surface area contributed by atoms with Crippen LogP contribution in [0.3, 0.4) is 0 Å². The van der Waals surface area contributed by atoms with Gasteiger partial charge in [-0.1, -0.05) is 19.9 Å². The highest BCUT2D eigenvalue weighted by Gasteiger charge is 2.23. The van der Waals surface area contributed by atoms with Crippen LogP contribution in [0.2, 0.25) is 0 Å². The van der Waals surface area contributed by atoms with Gasteiger partial charge in [-0.05, 0) is 48.8 Å². The van der Waals surface area contributed by atoms with Gasteiger partial charge in [0.05, 0.1) is 0 Å². The zero-order valence-electron chi connectivity index (χ0n) is 13.9. The number of urea groups is 1. The molecule has 0 bridgehead atoms. The lowest BCUT2D eigenvalue weighted by Crippen LogP contribution is -2.37. The molecule has 1 saturated heterocycles. The number of carbonyl (C=O) groups is 2. The van der Waals surface area contributed by atoms with Crippen LogP contribution in [-0.4, -0.2) is 29.9 Å². The Morgan fingerprint density at radius 1 is 1.26 bits per heavy atom. The molecular weight excluding hydrogens is 290 g/mol. The summed E-state index contributed by atoms with van der Waals surface area (Å²) in [6, 6.07) is 5.71. The molecule has 5 heteroatoms. The van der Waals surface area contributed by atoms with E-state index in [0.29, 0.717) is 18.3 Å². The number of nitrogens with zero attached hydrogens (tertiary/aromatic N) is 1. The van der Waals surface area contributed by atoms with E-state index in [9.17, 15) is 9.59 Å². The second-order valence-electron chi connectivity index (χ2n) is 7.03. The third-order valence-electron chi connectivity index (χ3n) is 4.77. The number of likely N-dealkylation sites (tertiary alicyclic amines) is 1. The van der Waals surface area contributed by atoms with E-state index in [1.807, 2.05) is 23.1 Å². The summed E-state index contributed by atoms with van der Waals surface area (Å²) < 4.78 is 0. The van der Waals surface area contributed by atoms with E-state index in [2.05, 4.69) is 24.5 Å². The van der Waals surface area contributed by atoms with E-state index >= 15 is 0 Å². The molecule has 0 saturated carbocycles. The Hall–Kier alpha value is -2.04. The van der Waals surface area contributed by atoms with Crippen molar-refractivity contribution in [3.05, 3.63) is 23.8 Å². The van der Waals surface area contributed by atoms with Crippen LogP contribution in [0, 0.1) is 11.8 Å². The first-order valence-electron chi connectivity index (χ1n) is 8.50. The topological polar surface area (TPSA) is 61.4 Å². The third-order valence-corrected chi connectivity index (χ3v) is 4.77. The van der Waals surface area contributed by atoms with Gasteiger partial charge >= 0.3 is 6.03 Å². The summed E-state index contributed by atoms with van der Waals surface area (Å²) in [6.45, 7) is 6.07. The molecule has 3 amide bonds. The van der Waals surface area contributed by atoms with Crippen molar-refractivity contribution in [1.29, 1.82) is 0 Å². The fraction of sp³-hybridized carbons (Fsp3) is 0.556. The zero-order chi connectivity index (χ0) is 16.4. The second-order valence-corrected chi connectivity index (χ2v) is 7.03. The summed E-state index contributed by atoms with van der Waals surface area (Å²) in [5, 5.41) is 5.85. The smallest absolute Gasteiger partial charge is 0.321 e. The minimum Gasteiger partial charge on any atom is -0.326 e. The fourth-order valence-corrected chi connectivity index (χ4v) is 3.56. The van der Waals surface area contributed by atoms with Crippen LogP contribution in [0.1, 0.15) is 38.7 Å². The molecule has 0 aliphatic carbocycles. The minimum atomic E-state index is -0.0481. The molecule has 3 rings (SSSR count). The molecule has 2 heterocycles. The fourth-order valence-electron chi connectivity index (χ4n) is 3.56. The third kappa shape index (κ3) is 3.84. The number of hydrogen-bond acceptors (Lipinski definition) is 2. The summed E-state index contributed by atoms with van der Waals surface area (Å²) in [6.07, 6.45) is 3.52. The minimum absolute atomic E-state index is 0.0382. The Kier molecular flexibility index (Phi) is 4.55. The van der Waals surface area contributed by atoms with Crippen LogP contribution in [-0.2, 0) is 11.2 Å². The highest BCUT2D eigenvalue weighted by atomic mass is 16.2. The van der Waals surface area contributed by atoms with E-state index in [1.54, 1.807) is 0 Å². The number of benzene rings is 1. The predicted octanol–water partition coefficient (Wildman–Crippen LogP) is 3.47. The normalized spacial score (nSPS) is 24.4. The number of aryl methyl sites for hydroxylation is 1. The molecule has 23 heavy (non-hydrogen) atoms. The highest BCUT2D eigenvalue weighted by Crippen LogP contribution is 2.27. The number of nitrogens with one attached hydrogen (secondary N) is 2. The number of anilines is 2. The average molecular weight is 315 g/mol. The van der Waals surface area contributed by atoms with Gasteiger partial charge in [-0.3, -0.25) is 4.79 Å². The van der Waals surface area contributed by atoms with E-state index in [1.165, 1.54) is 6.42 Å². The van der Waals surface area contributed by atoms with Crippen LogP contribution >= 0.6 is 0 Å². The van der Waals surface area contributed by atoms with Crippen molar-refractivity contribution in [2.24, 2.45) is 11.8 Å². The van der Waals surface area contributed by atoms with Crippen molar-refractivity contribution in [3.63, 3.8) is 0 Å². The molecule has 2 aliphatic rings. The second kappa shape index (κ2) is 6.60.